The second-order valence-electron chi connectivity index (χ2n) is 5.91. The predicted molar refractivity (Wildman–Crippen MR) is 81.0 cm³/mol. The van der Waals surface area contributed by atoms with Gasteiger partial charge in [0.05, 0.1) is 6.54 Å². The lowest BCUT2D eigenvalue weighted by Gasteiger charge is -2.19. The van der Waals surface area contributed by atoms with Gasteiger partial charge in [0.2, 0.25) is 5.91 Å². The largest absolute Gasteiger partial charge is 0.355 e. The van der Waals surface area contributed by atoms with Crippen molar-refractivity contribution in [1.82, 2.24) is 10.6 Å². The third kappa shape index (κ3) is 5.53. The highest BCUT2D eigenvalue weighted by atomic mass is 16.1. The van der Waals surface area contributed by atoms with E-state index >= 15 is 0 Å². The van der Waals surface area contributed by atoms with Crippen molar-refractivity contribution in [2.75, 3.05) is 19.6 Å². The zero-order valence-corrected chi connectivity index (χ0v) is 12.7. The second-order valence-corrected chi connectivity index (χ2v) is 5.91. The summed E-state index contributed by atoms with van der Waals surface area (Å²) in [5.41, 5.74) is 2.02. The van der Waals surface area contributed by atoms with E-state index in [2.05, 4.69) is 31.4 Å². The Kier molecular flexibility index (Phi) is 5.89. The molecule has 1 aromatic rings. The fourth-order valence-electron chi connectivity index (χ4n) is 1.79. The van der Waals surface area contributed by atoms with E-state index in [0.29, 0.717) is 18.7 Å². The van der Waals surface area contributed by atoms with Gasteiger partial charge < -0.3 is 10.6 Å². The third-order valence-electron chi connectivity index (χ3n) is 3.03. The molecule has 0 radical (unpaired) electrons. The third-order valence-corrected chi connectivity index (χ3v) is 3.03. The molecule has 0 saturated carbocycles. The van der Waals surface area contributed by atoms with Crippen molar-refractivity contribution in [1.29, 1.82) is 0 Å². The van der Waals surface area contributed by atoms with E-state index in [9.17, 15) is 9.59 Å². The van der Waals surface area contributed by atoms with Gasteiger partial charge in [-0.2, -0.15) is 0 Å². The molecule has 0 aliphatic rings. The molecule has 0 saturated heterocycles. The lowest BCUT2D eigenvalue weighted by Crippen LogP contribution is -2.32. The van der Waals surface area contributed by atoms with Crippen molar-refractivity contribution in [3.05, 3.63) is 35.4 Å². The Bertz CT molecular complexity index is 458. The standard InChI is InChI=1S/C16H24N2O2/c1-12(19)18-10-9-17-11-15(20)13-5-7-14(8-6-13)16(2,3)4/h5-8,17H,9-11H2,1-4H3,(H,18,19). The van der Waals surface area contributed by atoms with Gasteiger partial charge in [-0.05, 0) is 11.0 Å². The molecule has 2 N–H and O–H groups in total. The highest BCUT2D eigenvalue weighted by Crippen LogP contribution is 2.22. The van der Waals surface area contributed by atoms with Gasteiger partial charge in [-0.15, -0.1) is 0 Å². The zero-order valence-electron chi connectivity index (χ0n) is 12.7. The van der Waals surface area contributed by atoms with Gasteiger partial charge in [0.15, 0.2) is 5.78 Å². The van der Waals surface area contributed by atoms with E-state index in [0.717, 1.165) is 0 Å². The molecule has 0 aromatic heterocycles. The summed E-state index contributed by atoms with van der Waals surface area (Å²) in [6, 6.07) is 7.76. The van der Waals surface area contributed by atoms with Gasteiger partial charge in [0, 0.05) is 25.6 Å². The summed E-state index contributed by atoms with van der Waals surface area (Å²) in [6.07, 6.45) is 0. The monoisotopic (exact) mass is 276 g/mol. The molecule has 4 nitrogen and oxygen atoms in total. The minimum atomic E-state index is -0.0594. The number of Topliss-reactive ketones (excluding diaryl/α,β-unsaturated/α-hetero) is 1. The van der Waals surface area contributed by atoms with Crippen molar-refractivity contribution < 1.29 is 9.59 Å². The molecule has 0 heterocycles. The number of amides is 1. The Morgan fingerprint density at radius 2 is 1.65 bits per heavy atom. The topological polar surface area (TPSA) is 58.2 Å². The maximum atomic E-state index is 12.0. The second kappa shape index (κ2) is 7.20. The first-order valence-electron chi connectivity index (χ1n) is 6.89. The van der Waals surface area contributed by atoms with Crippen LogP contribution in [0.1, 0.15) is 43.6 Å². The van der Waals surface area contributed by atoms with Gasteiger partial charge in [-0.25, -0.2) is 0 Å². The van der Waals surface area contributed by atoms with Crippen LogP contribution in [-0.2, 0) is 10.2 Å². The first kappa shape index (κ1) is 16.4. The first-order valence-corrected chi connectivity index (χ1v) is 6.89. The maximum Gasteiger partial charge on any atom is 0.216 e. The molecular weight excluding hydrogens is 252 g/mol. The SMILES string of the molecule is CC(=O)NCCNCC(=O)c1ccc(C(C)(C)C)cc1. The number of carbonyl (C=O) groups excluding carboxylic acids is 2. The van der Waals surface area contributed by atoms with Gasteiger partial charge in [-0.1, -0.05) is 45.0 Å². The molecule has 20 heavy (non-hydrogen) atoms. The minimum Gasteiger partial charge on any atom is -0.355 e. The lowest BCUT2D eigenvalue weighted by atomic mass is 9.86. The van der Waals surface area contributed by atoms with Crippen molar-refractivity contribution in [2.45, 2.75) is 33.1 Å². The zero-order chi connectivity index (χ0) is 15.2. The molecule has 1 aromatic carbocycles. The van der Waals surface area contributed by atoms with Gasteiger partial charge >= 0.3 is 0 Å². The summed E-state index contributed by atoms with van der Waals surface area (Å²) in [4.78, 5) is 22.6. The van der Waals surface area contributed by atoms with Crippen molar-refractivity contribution >= 4 is 11.7 Å². The van der Waals surface area contributed by atoms with Crippen LogP contribution in [0.4, 0.5) is 0 Å². The van der Waals surface area contributed by atoms with Crippen LogP contribution in [0, 0.1) is 0 Å². The van der Waals surface area contributed by atoms with Crippen LogP contribution in [0.3, 0.4) is 0 Å². The average Bonchev–Trinajstić information content (AvgIpc) is 2.37. The lowest BCUT2D eigenvalue weighted by molar-refractivity contribution is -0.118. The summed E-state index contributed by atoms with van der Waals surface area (Å²) >= 11 is 0. The van der Waals surface area contributed by atoms with Crippen LogP contribution < -0.4 is 10.6 Å². The molecule has 1 amide bonds. The Morgan fingerprint density at radius 1 is 1.05 bits per heavy atom. The van der Waals surface area contributed by atoms with E-state index in [4.69, 9.17) is 0 Å². The van der Waals surface area contributed by atoms with Gasteiger partial charge in [-0.3, -0.25) is 9.59 Å². The number of hydrogen-bond donors (Lipinski definition) is 2. The van der Waals surface area contributed by atoms with E-state index in [1.54, 1.807) is 0 Å². The number of hydrogen-bond acceptors (Lipinski definition) is 3. The highest BCUT2D eigenvalue weighted by Gasteiger charge is 2.14. The Labute approximate surface area is 121 Å². The Morgan fingerprint density at radius 3 is 2.15 bits per heavy atom. The molecule has 4 heteroatoms. The first-order chi connectivity index (χ1) is 9.30. The smallest absolute Gasteiger partial charge is 0.216 e. The van der Waals surface area contributed by atoms with Crippen LogP contribution in [-0.4, -0.2) is 31.3 Å². The fourth-order valence-corrected chi connectivity index (χ4v) is 1.79. The molecular formula is C16H24N2O2. The number of ketones is 1. The molecule has 0 bridgehead atoms. The molecule has 0 atom stereocenters. The molecule has 0 fully saturated rings. The van der Waals surface area contributed by atoms with Crippen molar-refractivity contribution in [3.8, 4) is 0 Å². The van der Waals surface area contributed by atoms with E-state index in [-0.39, 0.29) is 23.7 Å². The highest BCUT2D eigenvalue weighted by molar-refractivity contribution is 5.97. The normalized spacial score (nSPS) is 11.2. The molecule has 0 aliphatic heterocycles. The molecule has 0 unspecified atom stereocenters. The summed E-state index contributed by atoms with van der Waals surface area (Å²) in [5, 5.41) is 5.69. The molecule has 0 spiro atoms. The van der Waals surface area contributed by atoms with Crippen LogP contribution >= 0.6 is 0 Å². The van der Waals surface area contributed by atoms with Crippen LogP contribution in [0.15, 0.2) is 24.3 Å². The van der Waals surface area contributed by atoms with E-state index < -0.39 is 0 Å². The number of benzene rings is 1. The van der Waals surface area contributed by atoms with Crippen molar-refractivity contribution in [2.24, 2.45) is 0 Å². The van der Waals surface area contributed by atoms with Crippen molar-refractivity contribution in [3.63, 3.8) is 0 Å². The minimum absolute atomic E-state index is 0.0594. The Balaban J connectivity index is 2.42. The fraction of sp³-hybridized carbons (Fsp3) is 0.500. The number of carbonyl (C=O) groups is 2. The molecule has 110 valence electrons. The van der Waals surface area contributed by atoms with Crippen LogP contribution in [0.25, 0.3) is 0 Å². The number of rotatable bonds is 6. The predicted octanol–water partition coefficient (Wildman–Crippen LogP) is 1.89. The van der Waals surface area contributed by atoms with E-state index in [1.165, 1.54) is 12.5 Å². The number of nitrogens with one attached hydrogen (secondary N) is 2. The summed E-state index contributed by atoms with van der Waals surface area (Å²) in [6.45, 7) is 9.32. The van der Waals surface area contributed by atoms with Crippen LogP contribution in [0.5, 0.6) is 0 Å². The van der Waals surface area contributed by atoms with Gasteiger partial charge in [0.25, 0.3) is 0 Å². The maximum absolute atomic E-state index is 12.0. The van der Waals surface area contributed by atoms with E-state index in [1.807, 2.05) is 24.3 Å². The Hall–Kier alpha value is -1.68. The van der Waals surface area contributed by atoms with Gasteiger partial charge in [0.1, 0.15) is 0 Å². The summed E-state index contributed by atoms with van der Waals surface area (Å²) in [7, 11) is 0. The molecule has 1 rings (SSSR count). The quantitative estimate of drug-likeness (QED) is 0.616. The summed E-state index contributed by atoms with van der Waals surface area (Å²) in [5.74, 6) is 0.00387. The average molecular weight is 276 g/mol. The molecule has 0 aliphatic carbocycles. The van der Waals surface area contributed by atoms with Crippen LogP contribution in [0.2, 0.25) is 0 Å². The summed E-state index contributed by atoms with van der Waals surface area (Å²) < 4.78 is 0.